The van der Waals surface area contributed by atoms with Crippen LogP contribution in [-0.2, 0) is 0 Å². The first-order chi connectivity index (χ1) is 7.10. The second kappa shape index (κ2) is 4.44. The molecule has 0 aromatic heterocycles. The lowest BCUT2D eigenvalue weighted by Crippen LogP contribution is -1.88. The molecule has 1 aromatic carbocycles. The molecule has 0 radical (unpaired) electrons. The molecule has 2 heteroatoms. The van der Waals surface area contributed by atoms with Crippen LogP contribution in [0.15, 0.2) is 23.8 Å². The molecule has 0 N–H and O–H groups in total. The minimum absolute atomic E-state index is 0.179. The van der Waals surface area contributed by atoms with Gasteiger partial charge in [-0.1, -0.05) is 18.2 Å². The molecule has 0 bridgehead atoms. The third kappa shape index (κ3) is 2.24. The number of hydrogen-bond acceptors (Lipinski definition) is 2. The van der Waals surface area contributed by atoms with Gasteiger partial charge in [0.05, 0.1) is 0 Å². The Hall–Kier alpha value is -2.06. The van der Waals surface area contributed by atoms with Gasteiger partial charge in [0.15, 0.2) is 0 Å². The molecule has 0 saturated carbocycles. The molecule has 0 saturated heterocycles. The van der Waals surface area contributed by atoms with Crippen LogP contribution in [0.1, 0.15) is 23.6 Å². The third-order valence-electron chi connectivity index (χ3n) is 2.54. The van der Waals surface area contributed by atoms with Crippen LogP contribution in [0.4, 0.5) is 0 Å². The number of nitrogens with zero attached hydrogens (tertiary/aromatic N) is 2. The smallest absolute Gasteiger partial charge is 0.133 e. The Morgan fingerprint density at radius 1 is 1.07 bits per heavy atom. The highest BCUT2D eigenvalue weighted by molar-refractivity contribution is 5.74. The van der Waals surface area contributed by atoms with Gasteiger partial charge in [-0.2, -0.15) is 10.5 Å². The Morgan fingerprint density at radius 2 is 1.67 bits per heavy atom. The largest absolute Gasteiger partial charge is 0.192 e. The normalized spacial score (nSPS) is 8.87. The molecule has 0 spiro atoms. The summed E-state index contributed by atoms with van der Waals surface area (Å²) in [4.78, 5) is 0. The van der Waals surface area contributed by atoms with E-state index in [2.05, 4.69) is 0 Å². The number of benzene rings is 1. The molecular formula is C13H12N2. The van der Waals surface area contributed by atoms with E-state index in [0.717, 1.165) is 11.1 Å². The van der Waals surface area contributed by atoms with Gasteiger partial charge in [0.1, 0.15) is 17.7 Å². The van der Waals surface area contributed by atoms with Crippen molar-refractivity contribution in [1.29, 1.82) is 10.5 Å². The highest BCUT2D eigenvalue weighted by Gasteiger charge is 2.04. The van der Waals surface area contributed by atoms with Gasteiger partial charge in [-0.05, 0) is 43.0 Å². The van der Waals surface area contributed by atoms with Gasteiger partial charge in [-0.15, -0.1) is 0 Å². The first-order valence-electron chi connectivity index (χ1n) is 4.69. The minimum atomic E-state index is 0.179. The Morgan fingerprint density at radius 3 is 2.13 bits per heavy atom. The minimum Gasteiger partial charge on any atom is -0.192 e. The van der Waals surface area contributed by atoms with E-state index in [4.69, 9.17) is 10.5 Å². The van der Waals surface area contributed by atoms with Crippen LogP contribution in [0.5, 0.6) is 0 Å². The summed E-state index contributed by atoms with van der Waals surface area (Å²) in [5.74, 6) is 0. The van der Waals surface area contributed by atoms with Gasteiger partial charge in [0.2, 0.25) is 0 Å². The predicted molar refractivity (Wildman–Crippen MR) is 59.7 cm³/mol. The second-order valence-corrected chi connectivity index (χ2v) is 3.52. The van der Waals surface area contributed by atoms with Crippen molar-refractivity contribution in [2.45, 2.75) is 20.8 Å². The average molecular weight is 196 g/mol. The molecule has 1 rings (SSSR count). The predicted octanol–water partition coefficient (Wildman–Crippen LogP) is 3.12. The van der Waals surface area contributed by atoms with Crippen LogP contribution in [0, 0.1) is 36.5 Å². The van der Waals surface area contributed by atoms with Gasteiger partial charge >= 0.3 is 0 Å². The summed E-state index contributed by atoms with van der Waals surface area (Å²) >= 11 is 0. The van der Waals surface area contributed by atoms with Gasteiger partial charge in [0, 0.05) is 0 Å². The molecule has 0 aliphatic rings. The highest BCUT2D eigenvalue weighted by Crippen LogP contribution is 2.20. The Bertz CT molecular complexity index is 480. The first-order valence-corrected chi connectivity index (χ1v) is 4.69. The third-order valence-corrected chi connectivity index (χ3v) is 2.54. The van der Waals surface area contributed by atoms with Crippen molar-refractivity contribution in [2.75, 3.05) is 0 Å². The van der Waals surface area contributed by atoms with Gasteiger partial charge in [-0.3, -0.25) is 0 Å². The van der Waals surface area contributed by atoms with E-state index in [9.17, 15) is 0 Å². The van der Waals surface area contributed by atoms with Gasteiger partial charge in [-0.25, -0.2) is 0 Å². The summed E-state index contributed by atoms with van der Waals surface area (Å²) < 4.78 is 0. The monoisotopic (exact) mass is 196 g/mol. The van der Waals surface area contributed by atoms with E-state index in [1.54, 1.807) is 6.92 Å². The fourth-order valence-corrected chi connectivity index (χ4v) is 1.31. The second-order valence-electron chi connectivity index (χ2n) is 3.52. The number of nitriles is 2. The van der Waals surface area contributed by atoms with Crippen LogP contribution in [0.2, 0.25) is 0 Å². The van der Waals surface area contributed by atoms with Crippen molar-refractivity contribution in [3.05, 3.63) is 40.5 Å². The number of aryl methyl sites for hydroxylation is 2. The van der Waals surface area contributed by atoms with Gasteiger partial charge < -0.3 is 0 Å². The number of rotatable bonds is 1. The van der Waals surface area contributed by atoms with E-state index in [0.29, 0.717) is 0 Å². The molecule has 0 aliphatic carbocycles. The first kappa shape index (κ1) is 11.0. The molecule has 0 amide bonds. The highest BCUT2D eigenvalue weighted by atomic mass is 14.3. The molecule has 0 fully saturated rings. The van der Waals surface area contributed by atoms with Gasteiger partial charge in [0.25, 0.3) is 0 Å². The molecule has 1 aromatic rings. The van der Waals surface area contributed by atoms with Crippen molar-refractivity contribution in [2.24, 2.45) is 0 Å². The number of hydrogen-bond donors (Lipinski definition) is 0. The SMILES string of the molecule is CC(=C(C#N)C#N)c1ccc(C)c(C)c1. The summed E-state index contributed by atoms with van der Waals surface area (Å²) in [5, 5.41) is 17.5. The maximum atomic E-state index is 8.75. The fourth-order valence-electron chi connectivity index (χ4n) is 1.31. The van der Waals surface area contributed by atoms with Crippen LogP contribution in [0.3, 0.4) is 0 Å². The van der Waals surface area contributed by atoms with E-state index < -0.39 is 0 Å². The molecule has 0 heterocycles. The lowest BCUT2D eigenvalue weighted by molar-refractivity contribution is 1.32. The van der Waals surface area contributed by atoms with Crippen LogP contribution < -0.4 is 0 Å². The lowest BCUT2D eigenvalue weighted by Gasteiger charge is -2.05. The maximum Gasteiger partial charge on any atom is 0.133 e. The standard InChI is InChI=1S/C13H12N2/c1-9-4-5-12(6-10(9)2)11(3)13(7-14)8-15/h4-6H,1-3H3. The summed E-state index contributed by atoms with van der Waals surface area (Å²) in [6, 6.07) is 9.74. The van der Waals surface area contributed by atoms with Crippen LogP contribution in [-0.4, -0.2) is 0 Å². The summed E-state index contributed by atoms with van der Waals surface area (Å²) in [5.41, 5.74) is 4.24. The van der Waals surface area contributed by atoms with Crippen molar-refractivity contribution >= 4 is 5.57 Å². The topological polar surface area (TPSA) is 47.6 Å². The Labute approximate surface area is 90.1 Å². The molecule has 0 unspecified atom stereocenters. The maximum absolute atomic E-state index is 8.75. The molecule has 0 atom stereocenters. The van der Waals surface area contributed by atoms with E-state index >= 15 is 0 Å². The molecule has 15 heavy (non-hydrogen) atoms. The molecular weight excluding hydrogens is 184 g/mol. The zero-order valence-corrected chi connectivity index (χ0v) is 9.13. The van der Waals surface area contributed by atoms with Crippen molar-refractivity contribution in [1.82, 2.24) is 0 Å². The average Bonchev–Trinajstić information content (AvgIpc) is 2.23. The van der Waals surface area contributed by atoms with E-state index in [1.807, 2.05) is 44.2 Å². The summed E-state index contributed by atoms with van der Waals surface area (Å²) in [6.07, 6.45) is 0. The van der Waals surface area contributed by atoms with Crippen LogP contribution in [0.25, 0.3) is 5.57 Å². The zero-order valence-electron chi connectivity index (χ0n) is 9.13. The molecule has 74 valence electrons. The van der Waals surface area contributed by atoms with Crippen molar-refractivity contribution in [3.63, 3.8) is 0 Å². The van der Waals surface area contributed by atoms with E-state index in [1.165, 1.54) is 11.1 Å². The lowest BCUT2D eigenvalue weighted by atomic mass is 9.99. The van der Waals surface area contributed by atoms with Crippen molar-refractivity contribution < 1.29 is 0 Å². The van der Waals surface area contributed by atoms with E-state index in [-0.39, 0.29) is 5.57 Å². The van der Waals surface area contributed by atoms with Crippen LogP contribution >= 0.6 is 0 Å². The van der Waals surface area contributed by atoms with Crippen molar-refractivity contribution in [3.8, 4) is 12.1 Å². The quantitative estimate of drug-likeness (QED) is 0.648. The fraction of sp³-hybridized carbons (Fsp3) is 0.231. The number of allylic oxidation sites excluding steroid dienone is 2. The summed E-state index contributed by atoms with van der Waals surface area (Å²) in [7, 11) is 0. The zero-order chi connectivity index (χ0) is 11.4. The molecule has 0 aliphatic heterocycles. The summed E-state index contributed by atoms with van der Waals surface area (Å²) in [6.45, 7) is 5.85. The Balaban J connectivity index is 3.32. The Kier molecular flexibility index (Phi) is 3.26. The molecule has 2 nitrogen and oxygen atoms in total.